The Bertz CT molecular complexity index is 573. The van der Waals surface area contributed by atoms with Gasteiger partial charge in [0.25, 0.3) is 0 Å². The number of rotatable bonds is 3. The number of hydrogen-bond acceptors (Lipinski definition) is 1. The molecule has 0 aromatic heterocycles. The van der Waals surface area contributed by atoms with Gasteiger partial charge in [-0.3, -0.25) is 0 Å². The molecule has 2 rings (SSSR count). The molecule has 1 nitrogen and oxygen atoms in total. The summed E-state index contributed by atoms with van der Waals surface area (Å²) in [5.74, 6) is 1.26. The molecule has 0 N–H and O–H groups in total. The zero-order valence-electron chi connectivity index (χ0n) is 9.09. The van der Waals surface area contributed by atoms with Crippen LogP contribution >= 0.6 is 55.1 Å². The van der Waals surface area contributed by atoms with Crippen LogP contribution in [0.25, 0.3) is 0 Å². The minimum Gasteiger partial charge on any atom is -0.456 e. The Labute approximate surface area is 132 Å². The van der Waals surface area contributed by atoms with E-state index in [4.69, 9.17) is 27.9 Å². The van der Waals surface area contributed by atoms with Crippen molar-refractivity contribution in [1.29, 1.82) is 0 Å². The van der Waals surface area contributed by atoms with Gasteiger partial charge in [-0.2, -0.15) is 0 Å². The monoisotopic (exact) mass is 408 g/mol. The highest BCUT2D eigenvalue weighted by atomic mass is 79.9. The SMILES string of the molecule is Clc1cc(Oc2ccc(Br)cc2Cl)ccc1CBr. The van der Waals surface area contributed by atoms with E-state index < -0.39 is 0 Å². The maximum atomic E-state index is 6.11. The van der Waals surface area contributed by atoms with Crippen LogP contribution in [0, 0.1) is 0 Å². The third-order valence-electron chi connectivity index (χ3n) is 2.29. The molecule has 0 fully saturated rings. The Morgan fingerprint density at radius 3 is 2.39 bits per heavy atom. The first-order valence-corrected chi connectivity index (χ1v) is 7.74. The molecule has 0 bridgehead atoms. The maximum absolute atomic E-state index is 6.11. The summed E-state index contributed by atoms with van der Waals surface area (Å²) in [5.41, 5.74) is 1.02. The van der Waals surface area contributed by atoms with Crippen LogP contribution < -0.4 is 4.74 Å². The highest BCUT2D eigenvalue weighted by Crippen LogP contribution is 2.33. The summed E-state index contributed by atoms with van der Waals surface area (Å²) in [6.07, 6.45) is 0. The molecular weight excluding hydrogens is 403 g/mol. The molecule has 5 heteroatoms. The van der Waals surface area contributed by atoms with Crippen molar-refractivity contribution >= 4 is 55.1 Å². The van der Waals surface area contributed by atoms with Crippen LogP contribution in [0.2, 0.25) is 10.0 Å². The van der Waals surface area contributed by atoms with Crippen molar-refractivity contribution in [3.63, 3.8) is 0 Å². The molecule has 0 aliphatic carbocycles. The van der Waals surface area contributed by atoms with Gasteiger partial charge in [0.05, 0.1) is 5.02 Å². The summed E-state index contributed by atoms with van der Waals surface area (Å²) in [7, 11) is 0. The number of benzene rings is 2. The molecule has 0 aliphatic rings. The van der Waals surface area contributed by atoms with E-state index >= 15 is 0 Å². The zero-order chi connectivity index (χ0) is 13.1. The molecule has 0 aliphatic heterocycles. The van der Waals surface area contributed by atoms with Crippen LogP contribution in [0.15, 0.2) is 40.9 Å². The van der Waals surface area contributed by atoms with Gasteiger partial charge in [0.2, 0.25) is 0 Å². The second-order valence-electron chi connectivity index (χ2n) is 3.56. The van der Waals surface area contributed by atoms with Gasteiger partial charge in [-0.15, -0.1) is 0 Å². The van der Waals surface area contributed by atoms with Gasteiger partial charge < -0.3 is 4.74 Å². The van der Waals surface area contributed by atoms with Crippen molar-refractivity contribution in [2.75, 3.05) is 0 Å². The van der Waals surface area contributed by atoms with Crippen LogP contribution in [-0.2, 0) is 5.33 Å². The van der Waals surface area contributed by atoms with Crippen molar-refractivity contribution in [2.45, 2.75) is 5.33 Å². The molecule has 0 saturated heterocycles. The summed E-state index contributed by atoms with van der Waals surface area (Å²) >= 11 is 18.9. The second kappa shape index (κ2) is 6.29. The lowest BCUT2D eigenvalue weighted by atomic mass is 10.2. The van der Waals surface area contributed by atoms with Crippen molar-refractivity contribution in [3.05, 3.63) is 56.5 Å². The quantitative estimate of drug-likeness (QED) is 0.529. The molecule has 0 saturated carbocycles. The standard InChI is InChI=1S/C13H8Br2Cl2O/c14-7-8-1-3-10(6-11(8)16)18-13-4-2-9(15)5-12(13)17/h1-6H,7H2. The molecule has 2 aromatic rings. The number of hydrogen-bond donors (Lipinski definition) is 0. The Hall–Kier alpha value is -0.220. The van der Waals surface area contributed by atoms with Crippen LogP contribution in [0.5, 0.6) is 11.5 Å². The highest BCUT2D eigenvalue weighted by molar-refractivity contribution is 9.10. The van der Waals surface area contributed by atoms with Gasteiger partial charge in [0.1, 0.15) is 11.5 Å². The van der Waals surface area contributed by atoms with Crippen molar-refractivity contribution < 1.29 is 4.74 Å². The van der Waals surface area contributed by atoms with E-state index in [0.717, 1.165) is 10.0 Å². The Morgan fingerprint density at radius 1 is 1.00 bits per heavy atom. The molecular formula is C13H8Br2Cl2O. The predicted molar refractivity (Wildman–Crippen MR) is 83.3 cm³/mol. The summed E-state index contributed by atoms with van der Waals surface area (Å²) in [6, 6.07) is 11.0. The van der Waals surface area contributed by atoms with Gasteiger partial charge in [0.15, 0.2) is 0 Å². The van der Waals surface area contributed by atoms with Gasteiger partial charge >= 0.3 is 0 Å². The van der Waals surface area contributed by atoms with Crippen LogP contribution in [0.4, 0.5) is 0 Å². The van der Waals surface area contributed by atoms with Gasteiger partial charge in [-0.05, 0) is 35.9 Å². The lowest BCUT2D eigenvalue weighted by molar-refractivity contribution is 0.482. The lowest BCUT2D eigenvalue weighted by Gasteiger charge is -2.09. The largest absolute Gasteiger partial charge is 0.456 e. The molecule has 2 aromatic carbocycles. The summed E-state index contributed by atoms with van der Waals surface area (Å²) < 4.78 is 6.60. The molecule has 18 heavy (non-hydrogen) atoms. The van der Waals surface area contributed by atoms with Crippen molar-refractivity contribution in [1.82, 2.24) is 0 Å². The van der Waals surface area contributed by atoms with E-state index in [1.165, 1.54) is 0 Å². The van der Waals surface area contributed by atoms with Crippen LogP contribution in [0.3, 0.4) is 0 Å². The molecule has 0 radical (unpaired) electrons. The minimum atomic E-state index is 0.546. The van der Waals surface area contributed by atoms with Crippen molar-refractivity contribution in [3.8, 4) is 11.5 Å². The molecule has 0 unspecified atom stereocenters. The van der Waals surface area contributed by atoms with E-state index in [-0.39, 0.29) is 0 Å². The first-order chi connectivity index (χ1) is 8.60. The normalized spacial score (nSPS) is 10.4. The smallest absolute Gasteiger partial charge is 0.146 e. The number of ether oxygens (including phenoxy) is 1. The highest BCUT2D eigenvalue weighted by Gasteiger charge is 2.06. The topological polar surface area (TPSA) is 9.23 Å². The first-order valence-electron chi connectivity index (χ1n) is 5.07. The molecule has 0 amide bonds. The number of alkyl halides is 1. The van der Waals surface area contributed by atoms with E-state index in [0.29, 0.717) is 26.9 Å². The molecule has 0 atom stereocenters. The zero-order valence-corrected chi connectivity index (χ0v) is 13.8. The van der Waals surface area contributed by atoms with Crippen molar-refractivity contribution in [2.24, 2.45) is 0 Å². The Kier molecular flexibility index (Phi) is 4.96. The molecule has 94 valence electrons. The lowest BCUT2D eigenvalue weighted by Crippen LogP contribution is -1.87. The predicted octanol–water partition coefficient (Wildman–Crippen LogP) is 6.44. The van der Waals surface area contributed by atoms with Crippen LogP contribution in [0.1, 0.15) is 5.56 Å². The first kappa shape index (κ1) is 14.2. The summed E-state index contributed by atoms with van der Waals surface area (Å²) in [4.78, 5) is 0. The van der Waals surface area contributed by atoms with E-state index in [2.05, 4.69) is 31.9 Å². The third kappa shape index (κ3) is 3.41. The fourth-order valence-corrected chi connectivity index (χ4v) is 2.98. The fraction of sp³-hybridized carbons (Fsp3) is 0.0769. The second-order valence-corrected chi connectivity index (χ2v) is 5.85. The Balaban J connectivity index is 2.26. The average molecular weight is 411 g/mol. The fourth-order valence-electron chi connectivity index (χ4n) is 1.38. The van der Waals surface area contributed by atoms with Crippen LogP contribution in [-0.4, -0.2) is 0 Å². The van der Waals surface area contributed by atoms with Gasteiger partial charge in [0, 0.05) is 14.8 Å². The van der Waals surface area contributed by atoms with E-state index in [1.54, 1.807) is 18.2 Å². The maximum Gasteiger partial charge on any atom is 0.146 e. The summed E-state index contributed by atoms with van der Waals surface area (Å²) in [6.45, 7) is 0. The Morgan fingerprint density at radius 2 is 1.78 bits per heavy atom. The number of halogens is 4. The van der Waals surface area contributed by atoms with Gasteiger partial charge in [-0.25, -0.2) is 0 Å². The summed E-state index contributed by atoms with van der Waals surface area (Å²) in [5, 5.41) is 1.92. The third-order valence-corrected chi connectivity index (χ3v) is 4.03. The van der Waals surface area contributed by atoms with Gasteiger partial charge in [-0.1, -0.05) is 61.1 Å². The van der Waals surface area contributed by atoms with E-state index in [1.807, 2.05) is 18.2 Å². The molecule has 0 spiro atoms. The molecule has 0 heterocycles. The average Bonchev–Trinajstić information content (AvgIpc) is 2.33. The van der Waals surface area contributed by atoms with E-state index in [9.17, 15) is 0 Å². The minimum absolute atomic E-state index is 0.546.